The highest BCUT2D eigenvalue weighted by molar-refractivity contribution is 7.12. The van der Waals surface area contributed by atoms with Crippen LogP contribution in [0.1, 0.15) is 28.3 Å². The normalized spacial score (nSPS) is 12.9. The lowest BCUT2D eigenvalue weighted by Crippen LogP contribution is -2.11. The van der Waals surface area contributed by atoms with E-state index in [1.54, 1.807) is 11.3 Å². The molecule has 1 unspecified atom stereocenters. The summed E-state index contributed by atoms with van der Waals surface area (Å²) in [6.07, 6.45) is 2.08. The van der Waals surface area contributed by atoms with Crippen LogP contribution < -0.4 is 5.73 Å². The molecular weight excluding hydrogens is 222 g/mol. The Morgan fingerprint density at radius 1 is 1.27 bits per heavy atom. The Balaban J connectivity index is 2.02. The summed E-state index contributed by atoms with van der Waals surface area (Å²) >= 11 is 3.59. The van der Waals surface area contributed by atoms with Crippen molar-refractivity contribution in [3.8, 4) is 0 Å². The minimum absolute atomic E-state index is 0.152. The monoisotopic (exact) mass is 237 g/mol. The van der Waals surface area contributed by atoms with Gasteiger partial charge in [0, 0.05) is 22.2 Å². The van der Waals surface area contributed by atoms with E-state index in [0.717, 1.165) is 12.8 Å². The summed E-state index contributed by atoms with van der Waals surface area (Å²) in [6, 6.07) is 6.68. The fourth-order valence-corrected chi connectivity index (χ4v) is 3.28. The quantitative estimate of drug-likeness (QED) is 0.863. The summed E-state index contributed by atoms with van der Waals surface area (Å²) in [4.78, 5) is 2.84. The van der Waals surface area contributed by atoms with Crippen molar-refractivity contribution in [3.63, 3.8) is 0 Å². The van der Waals surface area contributed by atoms with Gasteiger partial charge in [0.2, 0.25) is 0 Å². The Morgan fingerprint density at radius 3 is 2.67 bits per heavy atom. The molecule has 2 N–H and O–H groups in total. The minimum atomic E-state index is 0.152. The van der Waals surface area contributed by atoms with Gasteiger partial charge in [0.05, 0.1) is 0 Å². The van der Waals surface area contributed by atoms with Gasteiger partial charge >= 0.3 is 0 Å². The Labute approximate surface area is 98.6 Å². The standard InChI is InChI=1S/C12H15NS2/c1-2-10-3-4-11(15-10)7-12(13)9-5-6-14-8-9/h3-6,8,12H,2,7,13H2,1H3. The van der Waals surface area contributed by atoms with Crippen LogP contribution in [-0.2, 0) is 12.8 Å². The Morgan fingerprint density at radius 2 is 2.07 bits per heavy atom. The second-order valence-electron chi connectivity index (χ2n) is 3.59. The van der Waals surface area contributed by atoms with Crippen molar-refractivity contribution in [2.75, 3.05) is 0 Å². The maximum absolute atomic E-state index is 6.14. The number of aryl methyl sites for hydroxylation is 1. The Bertz CT molecular complexity index is 403. The largest absolute Gasteiger partial charge is 0.324 e. The highest BCUT2D eigenvalue weighted by atomic mass is 32.1. The molecule has 1 nitrogen and oxygen atoms in total. The molecule has 0 spiro atoms. The Hall–Kier alpha value is -0.640. The molecule has 0 amide bonds. The SMILES string of the molecule is CCc1ccc(CC(N)c2ccsc2)s1. The molecule has 0 bridgehead atoms. The molecule has 0 saturated heterocycles. The van der Waals surface area contributed by atoms with Gasteiger partial charge in [0.1, 0.15) is 0 Å². The highest BCUT2D eigenvalue weighted by Crippen LogP contribution is 2.23. The van der Waals surface area contributed by atoms with Crippen molar-refractivity contribution in [1.29, 1.82) is 0 Å². The molecule has 15 heavy (non-hydrogen) atoms. The molecule has 0 fully saturated rings. The first-order chi connectivity index (χ1) is 7.29. The van der Waals surface area contributed by atoms with Crippen LogP contribution in [0.3, 0.4) is 0 Å². The molecule has 0 aliphatic heterocycles. The van der Waals surface area contributed by atoms with E-state index >= 15 is 0 Å². The van der Waals surface area contributed by atoms with Crippen LogP contribution in [0.25, 0.3) is 0 Å². The van der Waals surface area contributed by atoms with E-state index in [-0.39, 0.29) is 6.04 Å². The first-order valence-corrected chi connectivity index (χ1v) is 6.90. The lowest BCUT2D eigenvalue weighted by atomic mass is 10.1. The predicted molar refractivity (Wildman–Crippen MR) is 68.6 cm³/mol. The molecule has 0 aromatic carbocycles. The van der Waals surface area contributed by atoms with Crippen LogP contribution in [-0.4, -0.2) is 0 Å². The summed E-state index contributed by atoms with van der Waals surface area (Å²) in [7, 11) is 0. The first-order valence-electron chi connectivity index (χ1n) is 5.15. The summed E-state index contributed by atoms with van der Waals surface area (Å²) in [5, 5.41) is 4.22. The van der Waals surface area contributed by atoms with Gasteiger partial charge in [-0.1, -0.05) is 6.92 Å². The van der Waals surface area contributed by atoms with Gasteiger partial charge in [-0.2, -0.15) is 11.3 Å². The molecular formula is C12H15NS2. The van der Waals surface area contributed by atoms with Crippen molar-refractivity contribution in [1.82, 2.24) is 0 Å². The van der Waals surface area contributed by atoms with Crippen LogP contribution in [0.4, 0.5) is 0 Å². The first kappa shape index (κ1) is 10.9. The predicted octanol–water partition coefficient (Wildman–Crippen LogP) is 3.61. The number of thiophene rings is 2. The van der Waals surface area contributed by atoms with Gasteiger partial charge in [0.25, 0.3) is 0 Å². The smallest absolute Gasteiger partial charge is 0.0351 e. The molecule has 0 aliphatic rings. The number of hydrogen-bond donors (Lipinski definition) is 1. The van der Waals surface area contributed by atoms with E-state index in [4.69, 9.17) is 5.73 Å². The Kier molecular flexibility index (Phi) is 3.57. The van der Waals surface area contributed by atoms with E-state index < -0.39 is 0 Å². The second kappa shape index (κ2) is 4.92. The van der Waals surface area contributed by atoms with Gasteiger partial charge in [-0.3, -0.25) is 0 Å². The third kappa shape index (κ3) is 2.68. The van der Waals surface area contributed by atoms with Crippen molar-refractivity contribution < 1.29 is 0 Å². The summed E-state index contributed by atoms with van der Waals surface area (Å²) < 4.78 is 0. The maximum atomic E-state index is 6.14. The van der Waals surface area contributed by atoms with E-state index in [1.165, 1.54) is 15.3 Å². The fourth-order valence-electron chi connectivity index (χ4n) is 1.54. The van der Waals surface area contributed by atoms with Gasteiger partial charge in [0.15, 0.2) is 0 Å². The zero-order valence-corrected chi connectivity index (χ0v) is 10.4. The fraction of sp³-hybridized carbons (Fsp3) is 0.333. The molecule has 2 heterocycles. The average molecular weight is 237 g/mol. The maximum Gasteiger partial charge on any atom is 0.0351 e. The van der Waals surface area contributed by atoms with Gasteiger partial charge < -0.3 is 5.73 Å². The molecule has 0 aliphatic carbocycles. The molecule has 2 aromatic heterocycles. The van der Waals surface area contributed by atoms with Gasteiger partial charge in [-0.05, 0) is 40.9 Å². The van der Waals surface area contributed by atoms with Crippen LogP contribution in [0.15, 0.2) is 29.0 Å². The third-order valence-corrected chi connectivity index (χ3v) is 4.41. The van der Waals surface area contributed by atoms with E-state index in [9.17, 15) is 0 Å². The van der Waals surface area contributed by atoms with E-state index in [1.807, 2.05) is 11.3 Å². The summed E-state index contributed by atoms with van der Waals surface area (Å²) in [6.45, 7) is 2.19. The van der Waals surface area contributed by atoms with Crippen LogP contribution in [0, 0.1) is 0 Å². The van der Waals surface area contributed by atoms with Gasteiger partial charge in [-0.15, -0.1) is 11.3 Å². The van der Waals surface area contributed by atoms with Crippen LogP contribution in [0.2, 0.25) is 0 Å². The van der Waals surface area contributed by atoms with E-state index in [0.29, 0.717) is 0 Å². The van der Waals surface area contributed by atoms with Gasteiger partial charge in [-0.25, -0.2) is 0 Å². The molecule has 3 heteroatoms. The second-order valence-corrected chi connectivity index (χ2v) is 5.62. The number of hydrogen-bond acceptors (Lipinski definition) is 3. The molecule has 0 radical (unpaired) electrons. The molecule has 1 atom stereocenters. The van der Waals surface area contributed by atoms with E-state index in [2.05, 4.69) is 35.9 Å². The topological polar surface area (TPSA) is 26.0 Å². The van der Waals surface area contributed by atoms with Crippen molar-refractivity contribution >= 4 is 22.7 Å². The molecule has 2 rings (SSSR count). The average Bonchev–Trinajstić information content (AvgIpc) is 2.87. The lowest BCUT2D eigenvalue weighted by molar-refractivity contribution is 0.733. The molecule has 0 saturated carbocycles. The lowest BCUT2D eigenvalue weighted by Gasteiger charge is -2.07. The zero-order chi connectivity index (χ0) is 10.7. The summed E-state index contributed by atoms with van der Waals surface area (Å²) in [5.74, 6) is 0. The van der Waals surface area contributed by atoms with Crippen molar-refractivity contribution in [2.24, 2.45) is 5.73 Å². The summed E-state index contributed by atoms with van der Waals surface area (Å²) in [5.41, 5.74) is 7.39. The van der Waals surface area contributed by atoms with Crippen LogP contribution >= 0.6 is 22.7 Å². The minimum Gasteiger partial charge on any atom is -0.324 e. The molecule has 80 valence electrons. The third-order valence-electron chi connectivity index (χ3n) is 2.46. The molecule has 2 aromatic rings. The van der Waals surface area contributed by atoms with Crippen molar-refractivity contribution in [2.45, 2.75) is 25.8 Å². The number of nitrogens with two attached hydrogens (primary N) is 1. The zero-order valence-electron chi connectivity index (χ0n) is 8.77. The number of rotatable bonds is 4. The van der Waals surface area contributed by atoms with Crippen LogP contribution in [0.5, 0.6) is 0 Å². The highest BCUT2D eigenvalue weighted by Gasteiger charge is 2.08. The van der Waals surface area contributed by atoms with Crippen molar-refractivity contribution in [3.05, 3.63) is 44.3 Å².